The van der Waals surface area contributed by atoms with Crippen molar-refractivity contribution in [2.75, 3.05) is 0 Å². The number of pyridine rings is 12. The first-order chi connectivity index (χ1) is 51.2. The van der Waals surface area contributed by atoms with Crippen molar-refractivity contribution in [2.45, 2.75) is 98.8 Å². The van der Waals surface area contributed by atoms with Crippen molar-refractivity contribution in [3.05, 3.63) is 351 Å². The van der Waals surface area contributed by atoms with E-state index in [4.69, 9.17) is 24.9 Å². The van der Waals surface area contributed by atoms with Crippen LogP contribution in [0.2, 0.25) is 0 Å². The normalized spacial score (nSPS) is 10.8. The fourth-order valence-corrected chi connectivity index (χ4v) is 11.4. The molecule has 15 rings (SSSR count). The van der Waals surface area contributed by atoms with Crippen molar-refractivity contribution in [2.24, 2.45) is 0 Å². The van der Waals surface area contributed by atoms with E-state index in [0.29, 0.717) is 29.6 Å². The van der Waals surface area contributed by atoms with Crippen LogP contribution in [0.4, 0.5) is 0 Å². The second kappa shape index (κ2) is 36.9. The van der Waals surface area contributed by atoms with Gasteiger partial charge in [0.2, 0.25) is 0 Å². The number of aromatic nitrogens is 12. The van der Waals surface area contributed by atoms with Crippen LogP contribution in [0.5, 0.6) is 0 Å². The fraction of sp³-hybridized carbons (Fsp3) is 0.161. The zero-order valence-electron chi connectivity index (χ0n) is 61.4. The topological polar surface area (TPSA) is 155 Å². The molecule has 0 fully saturated rings. The highest BCUT2D eigenvalue weighted by Crippen LogP contribution is 2.34. The Morgan fingerprint density at radius 1 is 0.162 bits per heavy atom. The molecular formula is C93H88N12. The summed E-state index contributed by atoms with van der Waals surface area (Å²) >= 11 is 0. The molecule has 12 aromatic heterocycles. The Bertz CT molecular complexity index is 4070. The summed E-state index contributed by atoms with van der Waals surface area (Å²) in [6.45, 7) is 22.0. The van der Waals surface area contributed by atoms with Gasteiger partial charge in [0.05, 0.1) is 56.9 Å². The molecule has 0 N–H and O–H groups in total. The Hall–Kier alpha value is -12.5. The third-order valence-corrected chi connectivity index (χ3v) is 17.6. The summed E-state index contributed by atoms with van der Waals surface area (Å²) in [6.07, 6.45) is 25.3. The SMILES string of the molecule is CC(C)c1cc(-c2ccccc2)nc(-c2ccccc2)c1.CC(C)c1cc(-c2ccccc2)nc(-c2ccncc2)c1.CC(C)c1cc(-c2cccnc2)nc(-c2cccnc2)c1.CC(C)c1cc(-c2ccncc2)nc(-c2cccnc2)c1.CC(C)c1cc(-c2ccncc2)nc(-c2ccncc2)c1. The Kier molecular flexibility index (Phi) is 25.9. The van der Waals surface area contributed by atoms with Gasteiger partial charge in [-0.15, -0.1) is 0 Å². The molecule has 0 saturated heterocycles. The second-order valence-electron chi connectivity index (χ2n) is 26.9. The Labute approximate surface area is 618 Å². The van der Waals surface area contributed by atoms with Crippen LogP contribution in [0.3, 0.4) is 0 Å². The van der Waals surface area contributed by atoms with Crippen molar-refractivity contribution in [3.63, 3.8) is 0 Å². The zero-order valence-corrected chi connectivity index (χ0v) is 61.4. The Balaban J connectivity index is 0.000000131. The number of hydrogen-bond acceptors (Lipinski definition) is 12. The van der Waals surface area contributed by atoms with Crippen LogP contribution < -0.4 is 0 Å². The molecule has 0 aliphatic heterocycles. The van der Waals surface area contributed by atoms with Crippen molar-refractivity contribution in [1.29, 1.82) is 0 Å². The van der Waals surface area contributed by atoms with E-state index in [1.165, 1.54) is 27.8 Å². The molecule has 105 heavy (non-hydrogen) atoms. The minimum absolute atomic E-state index is 0.443. The predicted octanol–water partition coefficient (Wildman–Crippen LogP) is 23.5. The monoisotopic (exact) mass is 1370 g/mol. The minimum atomic E-state index is 0.443. The van der Waals surface area contributed by atoms with Gasteiger partial charge in [0.15, 0.2) is 0 Å². The summed E-state index contributed by atoms with van der Waals surface area (Å²) in [5.41, 5.74) is 27.3. The van der Waals surface area contributed by atoms with Crippen LogP contribution in [0.1, 0.15) is 127 Å². The highest BCUT2D eigenvalue weighted by Gasteiger charge is 2.15. The van der Waals surface area contributed by atoms with E-state index in [1.54, 1.807) is 68.2 Å². The number of nitrogens with zero attached hydrogens (tertiary/aromatic N) is 12. The summed E-state index contributed by atoms with van der Waals surface area (Å²) in [4.78, 5) is 52.9. The van der Waals surface area contributed by atoms with E-state index in [1.807, 2.05) is 134 Å². The number of benzene rings is 3. The maximum Gasteiger partial charge on any atom is 0.0727 e. The minimum Gasteiger partial charge on any atom is -0.265 e. The molecule has 12 nitrogen and oxygen atoms in total. The molecule has 0 radical (unpaired) electrons. The van der Waals surface area contributed by atoms with Crippen LogP contribution in [0.25, 0.3) is 113 Å². The summed E-state index contributed by atoms with van der Waals surface area (Å²) in [6, 6.07) is 80.6. The van der Waals surface area contributed by atoms with E-state index >= 15 is 0 Å². The first-order valence-electron chi connectivity index (χ1n) is 35.8. The first-order valence-corrected chi connectivity index (χ1v) is 35.8. The molecule has 0 bridgehead atoms. The lowest BCUT2D eigenvalue weighted by Gasteiger charge is -2.12. The Morgan fingerprint density at radius 3 is 0.486 bits per heavy atom. The maximum atomic E-state index is 4.86. The van der Waals surface area contributed by atoms with Crippen LogP contribution in [0.15, 0.2) is 323 Å². The standard InChI is InChI=1S/C20H19N.C19H18N2.3C18H17N3/c1-15(2)18-13-19(16-9-5-3-6-10-16)21-20(14-18)17-11-7-4-8-12-17;1-14(2)17-12-18(15-6-4-3-5-7-15)21-19(13-17)16-8-10-20-11-9-16;1-13(2)16-11-17(14-3-7-19-8-4-14)21-18(12-16)15-5-9-20-10-6-15;1-13(2)16-9-17(14-5-3-7-19-11-14)21-18(10-16)15-6-4-8-20-12-15;1-13(2)16-10-17(14-5-8-19-9-6-14)21-18(11-16)15-4-3-7-20-12-15/h3-15H,1-2H3;3-14H,1-2H3;3*3-13H,1-2H3. The quantitative estimate of drug-likeness (QED) is 0.0959. The molecule has 0 spiro atoms. The summed E-state index contributed by atoms with van der Waals surface area (Å²) in [5.74, 6) is 2.30. The first kappa shape index (κ1) is 73.7. The van der Waals surface area contributed by atoms with Crippen LogP contribution in [-0.2, 0) is 0 Å². The average molecular weight is 1370 g/mol. The van der Waals surface area contributed by atoms with Crippen molar-refractivity contribution >= 4 is 0 Å². The molecule has 0 amide bonds. The van der Waals surface area contributed by atoms with E-state index < -0.39 is 0 Å². The van der Waals surface area contributed by atoms with E-state index in [2.05, 4.69) is 225 Å². The zero-order chi connectivity index (χ0) is 73.3. The molecule has 15 aromatic rings. The largest absolute Gasteiger partial charge is 0.265 e. The lowest BCUT2D eigenvalue weighted by atomic mass is 9.98. The molecule has 3 aromatic carbocycles. The molecule has 0 saturated carbocycles. The van der Waals surface area contributed by atoms with Crippen molar-refractivity contribution in [3.8, 4) is 113 Å². The molecule has 0 aliphatic rings. The maximum absolute atomic E-state index is 4.86. The molecule has 0 aliphatic carbocycles. The van der Waals surface area contributed by atoms with Crippen LogP contribution in [0, 0.1) is 0 Å². The lowest BCUT2D eigenvalue weighted by Crippen LogP contribution is -1.95. The van der Waals surface area contributed by atoms with Crippen LogP contribution in [-0.4, -0.2) is 59.8 Å². The third kappa shape index (κ3) is 20.8. The van der Waals surface area contributed by atoms with Gasteiger partial charge in [-0.05, 0) is 203 Å². The second-order valence-corrected chi connectivity index (χ2v) is 26.9. The van der Waals surface area contributed by atoms with E-state index in [9.17, 15) is 0 Å². The van der Waals surface area contributed by atoms with Gasteiger partial charge >= 0.3 is 0 Å². The predicted molar refractivity (Wildman–Crippen MR) is 431 cm³/mol. The number of rotatable bonds is 15. The fourth-order valence-electron chi connectivity index (χ4n) is 11.4. The van der Waals surface area contributed by atoms with Crippen molar-refractivity contribution in [1.82, 2.24) is 59.8 Å². The molecule has 0 atom stereocenters. The number of hydrogen-bond donors (Lipinski definition) is 0. The molecular weight excluding hydrogens is 1290 g/mol. The average Bonchev–Trinajstić information content (AvgIpc) is 0.859. The van der Waals surface area contributed by atoms with Crippen molar-refractivity contribution < 1.29 is 0 Å². The van der Waals surface area contributed by atoms with E-state index in [0.717, 1.165) is 113 Å². The Morgan fingerprint density at radius 2 is 0.324 bits per heavy atom. The van der Waals surface area contributed by atoms with Gasteiger partial charge in [-0.2, -0.15) is 0 Å². The van der Waals surface area contributed by atoms with Gasteiger partial charge in [-0.3, -0.25) is 34.9 Å². The third-order valence-electron chi connectivity index (χ3n) is 17.6. The summed E-state index contributed by atoms with van der Waals surface area (Å²) in [5, 5.41) is 0. The summed E-state index contributed by atoms with van der Waals surface area (Å²) in [7, 11) is 0. The van der Waals surface area contributed by atoms with Gasteiger partial charge in [-0.1, -0.05) is 160 Å². The molecule has 12 heterocycles. The highest BCUT2D eigenvalue weighted by atomic mass is 14.8. The van der Waals surface area contributed by atoms with Gasteiger partial charge in [0, 0.05) is 142 Å². The molecule has 0 unspecified atom stereocenters. The lowest BCUT2D eigenvalue weighted by molar-refractivity contribution is 0.864. The smallest absolute Gasteiger partial charge is 0.0727 e. The molecule has 12 heteroatoms. The molecule has 520 valence electrons. The van der Waals surface area contributed by atoms with Gasteiger partial charge in [-0.25, -0.2) is 24.9 Å². The van der Waals surface area contributed by atoms with Crippen LogP contribution >= 0.6 is 0 Å². The summed E-state index contributed by atoms with van der Waals surface area (Å²) < 4.78 is 0. The highest BCUT2D eigenvalue weighted by molar-refractivity contribution is 5.72. The van der Waals surface area contributed by atoms with E-state index in [-0.39, 0.29) is 0 Å². The van der Waals surface area contributed by atoms with Gasteiger partial charge in [0.1, 0.15) is 0 Å². The van der Waals surface area contributed by atoms with Gasteiger partial charge in [0.25, 0.3) is 0 Å². The van der Waals surface area contributed by atoms with Gasteiger partial charge < -0.3 is 0 Å².